The van der Waals surface area contributed by atoms with Crippen molar-refractivity contribution in [3.05, 3.63) is 87.4 Å². The van der Waals surface area contributed by atoms with E-state index in [9.17, 15) is 13.2 Å². The summed E-state index contributed by atoms with van der Waals surface area (Å²) in [6, 6.07) is 19.6. The number of sulfonamides is 1. The summed E-state index contributed by atoms with van der Waals surface area (Å²) in [5.41, 5.74) is 2.86. The average Bonchev–Trinajstić information content (AvgIpc) is 3.16. The van der Waals surface area contributed by atoms with Crippen LogP contribution in [0.3, 0.4) is 0 Å². The number of anilines is 1. The summed E-state index contributed by atoms with van der Waals surface area (Å²) < 4.78 is 34.7. The molecule has 0 saturated heterocycles. The minimum atomic E-state index is -4.01. The molecule has 0 spiro atoms. The number of hydrogen-bond donors (Lipinski definition) is 0. The fourth-order valence-electron chi connectivity index (χ4n) is 4.35. The topological polar surface area (TPSA) is 66.9 Å². The van der Waals surface area contributed by atoms with Crippen LogP contribution in [0.15, 0.2) is 76.1 Å². The number of amides is 1. The van der Waals surface area contributed by atoms with Gasteiger partial charge in [0.25, 0.3) is 0 Å². The van der Waals surface area contributed by atoms with Crippen LogP contribution in [0.25, 0.3) is 0 Å². The Morgan fingerprint density at radius 3 is 2.57 bits per heavy atom. The highest BCUT2D eigenvalue weighted by Gasteiger charge is 2.34. The Balaban J connectivity index is 1.64. The van der Waals surface area contributed by atoms with Crippen LogP contribution in [0, 0.1) is 0 Å². The van der Waals surface area contributed by atoms with E-state index >= 15 is 0 Å². The average molecular weight is 578 g/mol. The molecule has 1 aliphatic rings. The Morgan fingerprint density at radius 1 is 1.14 bits per heavy atom. The number of ether oxygens (including phenoxy) is 1. The number of methoxy groups -OCH3 is 1. The minimum Gasteiger partial charge on any atom is -0.495 e. The van der Waals surface area contributed by atoms with Crippen LogP contribution >= 0.6 is 27.5 Å². The predicted molar refractivity (Wildman–Crippen MR) is 142 cm³/mol. The van der Waals surface area contributed by atoms with Gasteiger partial charge in [-0.25, -0.2) is 8.42 Å². The number of carbonyl (C=O) groups excluding carboxylic acids is 1. The number of hydrogen-bond acceptors (Lipinski definition) is 4. The van der Waals surface area contributed by atoms with Crippen molar-refractivity contribution in [2.45, 2.75) is 30.7 Å². The second-order valence-corrected chi connectivity index (χ2v) is 11.7. The Bertz CT molecular complexity index is 1330. The molecule has 184 valence electrons. The van der Waals surface area contributed by atoms with Crippen molar-refractivity contribution in [1.29, 1.82) is 0 Å². The summed E-state index contributed by atoms with van der Waals surface area (Å²) in [4.78, 5) is 15.3. The zero-order valence-corrected chi connectivity index (χ0v) is 22.6. The molecule has 6 nitrogen and oxygen atoms in total. The molecule has 0 fully saturated rings. The summed E-state index contributed by atoms with van der Waals surface area (Å²) in [7, 11) is -2.54. The maximum absolute atomic E-state index is 13.7. The highest BCUT2D eigenvalue weighted by atomic mass is 79.9. The molecule has 0 aliphatic carbocycles. The van der Waals surface area contributed by atoms with E-state index in [1.165, 1.54) is 29.6 Å². The molecular weight excluding hydrogens is 552 g/mol. The third-order valence-electron chi connectivity index (χ3n) is 6.09. The van der Waals surface area contributed by atoms with Crippen molar-refractivity contribution < 1.29 is 17.9 Å². The van der Waals surface area contributed by atoms with E-state index in [0.29, 0.717) is 18.6 Å². The summed E-state index contributed by atoms with van der Waals surface area (Å²) in [6.07, 6.45) is 1.18. The number of benzene rings is 3. The number of rotatable bonds is 8. The van der Waals surface area contributed by atoms with Gasteiger partial charge in [-0.3, -0.25) is 4.79 Å². The Morgan fingerprint density at radius 2 is 1.89 bits per heavy atom. The highest BCUT2D eigenvalue weighted by Crippen LogP contribution is 2.35. The van der Waals surface area contributed by atoms with Crippen LogP contribution in [0.5, 0.6) is 5.75 Å². The van der Waals surface area contributed by atoms with E-state index in [-0.39, 0.29) is 35.0 Å². The van der Waals surface area contributed by atoms with Gasteiger partial charge in [-0.1, -0.05) is 57.9 Å². The number of nitrogens with zero attached hydrogens (tertiary/aromatic N) is 2. The standard InChI is InChI=1S/C26H26BrClN2O4S/c1-18-14-20-15-21(27)8-10-24(20)30(18)26(31)17-29(13-12-19-6-4-3-5-7-19)35(32,33)22-9-11-25(34-2)23(28)16-22/h3-11,15-16,18H,12-14,17H2,1-2H3/t18-/m1/s1. The summed E-state index contributed by atoms with van der Waals surface area (Å²) in [6.45, 7) is 1.84. The maximum atomic E-state index is 13.7. The van der Waals surface area contributed by atoms with Crippen LogP contribution < -0.4 is 9.64 Å². The van der Waals surface area contributed by atoms with Gasteiger partial charge in [-0.2, -0.15) is 4.31 Å². The summed E-state index contributed by atoms with van der Waals surface area (Å²) in [5, 5.41) is 0.190. The summed E-state index contributed by atoms with van der Waals surface area (Å²) >= 11 is 9.71. The molecule has 3 aromatic rings. The van der Waals surface area contributed by atoms with E-state index in [1.807, 2.05) is 55.5 Å². The SMILES string of the molecule is COc1ccc(S(=O)(=O)N(CCc2ccccc2)CC(=O)N2c3ccc(Br)cc3C[C@H]2C)cc1Cl. The second kappa shape index (κ2) is 10.7. The first-order valence-corrected chi connectivity index (χ1v) is 13.8. The zero-order valence-electron chi connectivity index (χ0n) is 19.4. The number of fused-ring (bicyclic) bond motifs is 1. The molecule has 0 unspecified atom stereocenters. The van der Waals surface area contributed by atoms with Gasteiger partial charge in [0.05, 0.1) is 23.6 Å². The van der Waals surface area contributed by atoms with Gasteiger partial charge in [0.15, 0.2) is 0 Å². The molecule has 1 heterocycles. The molecule has 1 amide bonds. The molecule has 0 saturated carbocycles. The molecule has 35 heavy (non-hydrogen) atoms. The van der Waals surface area contributed by atoms with E-state index in [2.05, 4.69) is 15.9 Å². The third kappa shape index (κ3) is 5.56. The van der Waals surface area contributed by atoms with Gasteiger partial charge >= 0.3 is 0 Å². The van der Waals surface area contributed by atoms with Crippen molar-refractivity contribution in [1.82, 2.24) is 4.31 Å². The number of carbonyl (C=O) groups is 1. The smallest absolute Gasteiger partial charge is 0.243 e. The normalized spacial score (nSPS) is 15.3. The molecule has 4 rings (SSSR count). The molecule has 3 aromatic carbocycles. The monoisotopic (exact) mass is 576 g/mol. The minimum absolute atomic E-state index is 0.0166. The molecule has 0 N–H and O–H groups in total. The van der Waals surface area contributed by atoms with Crippen LogP contribution in [0.4, 0.5) is 5.69 Å². The van der Waals surface area contributed by atoms with Gasteiger partial charge in [-0.15, -0.1) is 0 Å². The van der Waals surface area contributed by atoms with Crippen molar-refractivity contribution in [2.75, 3.05) is 25.1 Å². The molecule has 0 aromatic heterocycles. The first kappa shape index (κ1) is 25.7. The first-order chi connectivity index (χ1) is 16.7. The maximum Gasteiger partial charge on any atom is 0.243 e. The molecule has 9 heteroatoms. The lowest BCUT2D eigenvalue weighted by atomic mass is 10.1. The Hall–Kier alpha value is -2.39. The second-order valence-electron chi connectivity index (χ2n) is 8.46. The lowest BCUT2D eigenvalue weighted by molar-refractivity contribution is -0.119. The highest BCUT2D eigenvalue weighted by molar-refractivity contribution is 9.10. The van der Waals surface area contributed by atoms with Crippen LogP contribution in [0.2, 0.25) is 5.02 Å². The fraction of sp³-hybridized carbons (Fsp3) is 0.269. The van der Waals surface area contributed by atoms with Crippen molar-refractivity contribution in [3.8, 4) is 5.75 Å². The zero-order chi connectivity index (χ0) is 25.2. The van der Waals surface area contributed by atoms with Crippen LogP contribution in [-0.2, 0) is 27.7 Å². The largest absolute Gasteiger partial charge is 0.495 e. The van der Waals surface area contributed by atoms with Crippen LogP contribution in [-0.4, -0.2) is 44.9 Å². The first-order valence-electron chi connectivity index (χ1n) is 11.2. The van der Waals surface area contributed by atoms with Crippen molar-refractivity contribution >= 4 is 49.1 Å². The van der Waals surface area contributed by atoms with E-state index < -0.39 is 10.0 Å². The van der Waals surface area contributed by atoms with E-state index in [1.54, 1.807) is 4.90 Å². The van der Waals surface area contributed by atoms with Crippen LogP contribution in [0.1, 0.15) is 18.1 Å². The lowest BCUT2D eigenvalue weighted by Gasteiger charge is -2.28. The van der Waals surface area contributed by atoms with Gasteiger partial charge in [-0.05, 0) is 67.3 Å². The molecular formula is C26H26BrClN2O4S. The van der Waals surface area contributed by atoms with Crippen molar-refractivity contribution in [3.63, 3.8) is 0 Å². The molecule has 1 atom stereocenters. The fourth-order valence-corrected chi connectivity index (χ4v) is 6.49. The lowest BCUT2D eigenvalue weighted by Crippen LogP contribution is -2.45. The van der Waals surface area contributed by atoms with Gasteiger partial charge in [0, 0.05) is 22.7 Å². The predicted octanol–water partition coefficient (Wildman–Crippen LogP) is 5.32. The van der Waals surface area contributed by atoms with Crippen molar-refractivity contribution in [2.24, 2.45) is 0 Å². The summed E-state index contributed by atoms with van der Waals surface area (Å²) in [5.74, 6) is 0.112. The van der Waals surface area contributed by atoms with E-state index in [0.717, 1.165) is 21.3 Å². The van der Waals surface area contributed by atoms with E-state index in [4.69, 9.17) is 16.3 Å². The third-order valence-corrected chi connectivity index (χ3v) is 8.72. The quantitative estimate of drug-likeness (QED) is 0.363. The molecule has 0 bridgehead atoms. The Kier molecular flexibility index (Phi) is 7.86. The molecule has 1 aliphatic heterocycles. The van der Waals surface area contributed by atoms with Gasteiger partial charge < -0.3 is 9.64 Å². The Labute approximate surface area is 219 Å². The van der Waals surface area contributed by atoms with Gasteiger partial charge in [0.2, 0.25) is 15.9 Å². The van der Waals surface area contributed by atoms with Gasteiger partial charge in [0.1, 0.15) is 5.75 Å². The molecule has 0 radical (unpaired) electrons. The number of halogens is 2.